The Morgan fingerprint density at radius 2 is 1.57 bits per heavy atom. The lowest BCUT2D eigenvalue weighted by atomic mass is 10.5. The van der Waals surface area contributed by atoms with Gasteiger partial charge in [-0.1, -0.05) is 13.8 Å². The van der Waals surface area contributed by atoms with Crippen molar-refractivity contribution in [2.45, 2.75) is 45.7 Å². The second kappa shape index (κ2) is 8.41. The Morgan fingerprint density at radius 1 is 1.07 bits per heavy atom. The third-order valence-corrected chi connectivity index (χ3v) is 4.90. The number of rotatable bonds is 9. The predicted octanol–water partition coefficient (Wildman–Crippen LogP) is 2.29. The SMILES string of the molecule is CCCO[Si](C)(CCCO)OCCC. The van der Waals surface area contributed by atoms with Crippen molar-refractivity contribution in [3.05, 3.63) is 0 Å². The minimum atomic E-state index is -1.97. The summed E-state index contributed by atoms with van der Waals surface area (Å²) in [5, 5.41) is 8.79. The highest BCUT2D eigenvalue weighted by molar-refractivity contribution is 6.66. The summed E-state index contributed by atoms with van der Waals surface area (Å²) in [5.74, 6) is 0. The third kappa shape index (κ3) is 6.54. The zero-order valence-electron chi connectivity index (χ0n) is 9.71. The first kappa shape index (κ1) is 14.1. The van der Waals surface area contributed by atoms with E-state index >= 15 is 0 Å². The van der Waals surface area contributed by atoms with E-state index in [9.17, 15) is 0 Å². The molecule has 0 aliphatic carbocycles. The van der Waals surface area contributed by atoms with E-state index in [1.54, 1.807) is 0 Å². The van der Waals surface area contributed by atoms with Crippen molar-refractivity contribution in [2.24, 2.45) is 0 Å². The molecule has 3 nitrogen and oxygen atoms in total. The van der Waals surface area contributed by atoms with Gasteiger partial charge in [0.25, 0.3) is 0 Å². The molecule has 0 aliphatic heterocycles. The van der Waals surface area contributed by atoms with Crippen LogP contribution < -0.4 is 0 Å². The number of aliphatic hydroxyl groups is 1. The van der Waals surface area contributed by atoms with Gasteiger partial charge in [0.1, 0.15) is 0 Å². The monoisotopic (exact) mass is 220 g/mol. The fraction of sp³-hybridized carbons (Fsp3) is 1.00. The van der Waals surface area contributed by atoms with Crippen LogP contribution >= 0.6 is 0 Å². The summed E-state index contributed by atoms with van der Waals surface area (Å²) in [5.41, 5.74) is 0. The summed E-state index contributed by atoms with van der Waals surface area (Å²) in [6, 6.07) is 0.892. The molecule has 0 heterocycles. The molecular formula is C10H24O3Si. The molecule has 0 spiro atoms. The zero-order valence-corrected chi connectivity index (χ0v) is 10.7. The molecular weight excluding hydrogens is 196 g/mol. The fourth-order valence-corrected chi connectivity index (χ4v) is 3.67. The van der Waals surface area contributed by atoms with Crippen molar-refractivity contribution in [3.63, 3.8) is 0 Å². The van der Waals surface area contributed by atoms with Gasteiger partial charge < -0.3 is 14.0 Å². The van der Waals surface area contributed by atoms with Gasteiger partial charge in [-0.3, -0.25) is 0 Å². The first-order chi connectivity index (χ1) is 6.68. The predicted molar refractivity (Wildman–Crippen MR) is 60.6 cm³/mol. The van der Waals surface area contributed by atoms with Crippen molar-refractivity contribution < 1.29 is 14.0 Å². The number of aliphatic hydroxyl groups excluding tert-OH is 1. The average molecular weight is 220 g/mol. The van der Waals surface area contributed by atoms with Crippen LogP contribution in [0, 0.1) is 0 Å². The van der Waals surface area contributed by atoms with Gasteiger partial charge in [-0.25, -0.2) is 0 Å². The Balaban J connectivity index is 3.89. The summed E-state index contributed by atoms with van der Waals surface area (Å²) in [4.78, 5) is 0. The average Bonchev–Trinajstić information content (AvgIpc) is 2.21. The fourth-order valence-electron chi connectivity index (χ4n) is 1.22. The molecule has 0 bridgehead atoms. The van der Waals surface area contributed by atoms with Crippen LogP contribution in [0.4, 0.5) is 0 Å². The van der Waals surface area contributed by atoms with E-state index in [-0.39, 0.29) is 6.61 Å². The highest BCUT2D eigenvalue weighted by Crippen LogP contribution is 2.16. The van der Waals surface area contributed by atoms with Crippen molar-refractivity contribution >= 4 is 8.56 Å². The van der Waals surface area contributed by atoms with Gasteiger partial charge in [0.05, 0.1) is 0 Å². The molecule has 0 saturated carbocycles. The van der Waals surface area contributed by atoms with Crippen LogP contribution in [0.2, 0.25) is 12.6 Å². The van der Waals surface area contributed by atoms with Crippen LogP contribution in [0.15, 0.2) is 0 Å². The second-order valence-corrected chi connectivity index (χ2v) is 7.00. The van der Waals surface area contributed by atoms with Gasteiger partial charge >= 0.3 is 8.56 Å². The van der Waals surface area contributed by atoms with E-state index in [0.717, 1.165) is 38.5 Å². The Labute approximate surface area is 88.7 Å². The van der Waals surface area contributed by atoms with Gasteiger partial charge in [0, 0.05) is 19.8 Å². The summed E-state index contributed by atoms with van der Waals surface area (Å²) in [6.07, 6.45) is 2.84. The largest absolute Gasteiger partial charge is 0.396 e. The van der Waals surface area contributed by atoms with E-state index in [4.69, 9.17) is 14.0 Å². The molecule has 86 valence electrons. The molecule has 14 heavy (non-hydrogen) atoms. The molecule has 0 radical (unpaired) electrons. The van der Waals surface area contributed by atoms with E-state index in [0.29, 0.717) is 0 Å². The van der Waals surface area contributed by atoms with Gasteiger partial charge in [0.2, 0.25) is 0 Å². The summed E-state index contributed by atoms with van der Waals surface area (Å²) >= 11 is 0. The number of hydrogen-bond acceptors (Lipinski definition) is 3. The molecule has 0 aromatic rings. The molecule has 0 fully saturated rings. The summed E-state index contributed by atoms with van der Waals surface area (Å²) in [6.45, 7) is 8.07. The van der Waals surface area contributed by atoms with Gasteiger partial charge in [0.15, 0.2) is 0 Å². The third-order valence-electron chi connectivity index (χ3n) is 2.01. The van der Waals surface area contributed by atoms with Crippen LogP contribution in [0.25, 0.3) is 0 Å². The van der Waals surface area contributed by atoms with Gasteiger partial charge in [-0.2, -0.15) is 0 Å². The zero-order chi connectivity index (χ0) is 10.9. The van der Waals surface area contributed by atoms with Crippen LogP contribution in [0.1, 0.15) is 33.1 Å². The first-order valence-electron chi connectivity index (χ1n) is 5.57. The Morgan fingerprint density at radius 3 is 1.93 bits per heavy atom. The molecule has 0 rings (SSSR count). The van der Waals surface area contributed by atoms with Crippen molar-refractivity contribution in [1.82, 2.24) is 0 Å². The first-order valence-corrected chi connectivity index (χ1v) is 8.09. The molecule has 1 N–H and O–H groups in total. The van der Waals surface area contributed by atoms with E-state index < -0.39 is 8.56 Å². The standard InChI is InChI=1S/C10H24O3Si/c1-4-8-12-14(3,10-6-7-11)13-9-5-2/h11H,4-10H2,1-3H3. The molecule has 0 aromatic carbocycles. The van der Waals surface area contributed by atoms with Crippen LogP contribution in [0.3, 0.4) is 0 Å². The Bertz CT molecular complexity index is 109. The highest BCUT2D eigenvalue weighted by Gasteiger charge is 2.30. The topological polar surface area (TPSA) is 38.7 Å². The lowest BCUT2D eigenvalue weighted by Gasteiger charge is -2.26. The minimum Gasteiger partial charge on any atom is -0.396 e. The van der Waals surface area contributed by atoms with Gasteiger partial charge in [-0.05, 0) is 31.9 Å². The highest BCUT2D eigenvalue weighted by atomic mass is 28.4. The van der Waals surface area contributed by atoms with Gasteiger partial charge in [-0.15, -0.1) is 0 Å². The van der Waals surface area contributed by atoms with Crippen LogP contribution in [-0.4, -0.2) is 33.5 Å². The molecule has 0 unspecified atom stereocenters. The molecule has 0 amide bonds. The van der Waals surface area contributed by atoms with Crippen molar-refractivity contribution in [1.29, 1.82) is 0 Å². The maximum Gasteiger partial charge on any atom is 0.335 e. The Kier molecular flexibility index (Phi) is 8.47. The maximum atomic E-state index is 8.79. The normalized spacial score (nSPS) is 12.0. The van der Waals surface area contributed by atoms with E-state index in [1.165, 1.54) is 0 Å². The lowest BCUT2D eigenvalue weighted by Crippen LogP contribution is -2.39. The van der Waals surface area contributed by atoms with E-state index in [1.807, 2.05) is 0 Å². The molecule has 0 aromatic heterocycles. The van der Waals surface area contributed by atoms with E-state index in [2.05, 4.69) is 20.4 Å². The molecule has 0 aliphatic rings. The van der Waals surface area contributed by atoms with Crippen molar-refractivity contribution in [2.75, 3.05) is 19.8 Å². The van der Waals surface area contributed by atoms with Crippen LogP contribution in [-0.2, 0) is 8.85 Å². The second-order valence-electron chi connectivity index (χ2n) is 3.66. The maximum absolute atomic E-state index is 8.79. The molecule has 0 atom stereocenters. The summed E-state index contributed by atoms with van der Waals surface area (Å²) < 4.78 is 11.6. The summed E-state index contributed by atoms with van der Waals surface area (Å²) in [7, 11) is -1.97. The minimum absolute atomic E-state index is 0.230. The Hall–Kier alpha value is 0.0969. The molecule has 0 saturated heterocycles. The quantitative estimate of drug-likeness (QED) is 0.606. The van der Waals surface area contributed by atoms with Crippen LogP contribution in [0.5, 0.6) is 0 Å². The lowest BCUT2D eigenvalue weighted by molar-refractivity contribution is 0.169. The van der Waals surface area contributed by atoms with Crippen molar-refractivity contribution in [3.8, 4) is 0 Å². The molecule has 4 heteroatoms. The smallest absolute Gasteiger partial charge is 0.335 e. The number of hydrogen-bond donors (Lipinski definition) is 1.